The molecule has 1 saturated heterocycles. The molecule has 0 aliphatic carbocycles. The zero-order chi connectivity index (χ0) is 20.1. The number of anilines is 1. The molecule has 28 heavy (non-hydrogen) atoms. The fraction of sp³-hybridized carbons (Fsp3) is 0.391. The molecule has 5 heteroatoms. The lowest BCUT2D eigenvalue weighted by Gasteiger charge is -2.27. The highest BCUT2D eigenvalue weighted by Crippen LogP contribution is 2.23. The molecule has 0 spiro atoms. The van der Waals surface area contributed by atoms with Gasteiger partial charge in [-0.25, -0.2) is 0 Å². The predicted octanol–water partition coefficient (Wildman–Crippen LogP) is 4.34. The van der Waals surface area contributed by atoms with E-state index in [1.54, 1.807) is 19.1 Å². The molecule has 0 radical (unpaired) electrons. The summed E-state index contributed by atoms with van der Waals surface area (Å²) in [5, 5.41) is 2.87. The van der Waals surface area contributed by atoms with Crippen LogP contribution in [0.15, 0.2) is 42.5 Å². The average molecular weight is 380 g/mol. The Kier molecular flexibility index (Phi) is 6.34. The summed E-state index contributed by atoms with van der Waals surface area (Å²) in [6.07, 6.45) is 2.54. The lowest BCUT2D eigenvalue weighted by atomic mass is 10.1. The Hall–Kier alpha value is -2.82. The van der Waals surface area contributed by atoms with Crippen molar-refractivity contribution in [2.75, 3.05) is 18.4 Å². The highest BCUT2D eigenvalue weighted by Gasteiger charge is 2.23. The number of rotatable bonds is 5. The van der Waals surface area contributed by atoms with Gasteiger partial charge in [-0.15, -0.1) is 0 Å². The smallest absolute Gasteiger partial charge is 0.265 e. The second-order valence-electron chi connectivity index (χ2n) is 7.42. The molecule has 3 rings (SSSR count). The van der Waals surface area contributed by atoms with E-state index in [1.165, 1.54) is 0 Å². The van der Waals surface area contributed by atoms with Gasteiger partial charge in [0, 0.05) is 13.1 Å². The second-order valence-corrected chi connectivity index (χ2v) is 7.42. The average Bonchev–Trinajstić information content (AvgIpc) is 2.71. The molecule has 0 unspecified atom stereocenters. The van der Waals surface area contributed by atoms with E-state index in [2.05, 4.69) is 5.32 Å². The number of ether oxygens (including phenoxy) is 1. The molecule has 0 saturated carbocycles. The quantitative estimate of drug-likeness (QED) is 0.840. The SMILES string of the molecule is Cc1ccc(C)c(O[C@@H](C)C(=O)Nc2ccccc2C(=O)N2CCCCC2)c1. The molecule has 0 bridgehead atoms. The first kappa shape index (κ1) is 19.9. The molecule has 2 aromatic rings. The second kappa shape index (κ2) is 8.91. The van der Waals surface area contributed by atoms with Crippen LogP contribution in [0.1, 0.15) is 47.7 Å². The number of piperidine rings is 1. The van der Waals surface area contributed by atoms with Crippen LogP contribution in [0.5, 0.6) is 5.75 Å². The van der Waals surface area contributed by atoms with Crippen molar-refractivity contribution >= 4 is 17.5 Å². The van der Waals surface area contributed by atoms with Gasteiger partial charge in [0.05, 0.1) is 11.3 Å². The van der Waals surface area contributed by atoms with Crippen LogP contribution in [-0.2, 0) is 4.79 Å². The Bertz CT molecular complexity index is 857. The lowest BCUT2D eigenvalue weighted by Crippen LogP contribution is -2.36. The topological polar surface area (TPSA) is 58.6 Å². The molecular formula is C23H28N2O3. The van der Waals surface area contributed by atoms with Gasteiger partial charge in [0.15, 0.2) is 6.10 Å². The molecule has 1 fully saturated rings. The lowest BCUT2D eigenvalue weighted by molar-refractivity contribution is -0.122. The maximum atomic E-state index is 12.9. The number of benzene rings is 2. The van der Waals surface area contributed by atoms with Gasteiger partial charge in [-0.1, -0.05) is 24.3 Å². The van der Waals surface area contributed by atoms with Crippen molar-refractivity contribution in [1.29, 1.82) is 0 Å². The van der Waals surface area contributed by atoms with Crippen molar-refractivity contribution < 1.29 is 14.3 Å². The molecule has 1 heterocycles. The van der Waals surface area contributed by atoms with Crippen molar-refractivity contribution in [3.8, 4) is 5.75 Å². The van der Waals surface area contributed by atoms with Gasteiger partial charge in [0.2, 0.25) is 0 Å². The van der Waals surface area contributed by atoms with Crippen LogP contribution >= 0.6 is 0 Å². The van der Waals surface area contributed by atoms with Gasteiger partial charge in [-0.3, -0.25) is 9.59 Å². The number of hydrogen-bond acceptors (Lipinski definition) is 3. The Morgan fingerprint density at radius 3 is 2.50 bits per heavy atom. The number of carbonyl (C=O) groups is 2. The van der Waals surface area contributed by atoms with E-state index < -0.39 is 6.10 Å². The number of likely N-dealkylation sites (tertiary alicyclic amines) is 1. The first-order valence-corrected chi connectivity index (χ1v) is 9.89. The molecule has 2 aromatic carbocycles. The number of para-hydroxylation sites is 1. The standard InChI is InChI=1S/C23H28N2O3/c1-16-11-12-17(2)21(15-16)28-18(3)22(26)24-20-10-6-5-9-19(20)23(27)25-13-7-4-8-14-25/h5-6,9-12,15,18H,4,7-8,13-14H2,1-3H3,(H,24,26)/t18-/m0/s1. The van der Waals surface area contributed by atoms with E-state index in [0.29, 0.717) is 17.0 Å². The Balaban J connectivity index is 1.71. The molecule has 1 aliphatic rings. The minimum Gasteiger partial charge on any atom is -0.481 e. The summed E-state index contributed by atoms with van der Waals surface area (Å²) in [5.41, 5.74) is 3.10. The maximum absolute atomic E-state index is 12.9. The Morgan fingerprint density at radius 1 is 1.04 bits per heavy atom. The minimum absolute atomic E-state index is 0.0290. The number of nitrogens with zero attached hydrogens (tertiary/aromatic N) is 1. The number of nitrogens with one attached hydrogen (secondary N) is 1. The summed E-state index contributed by atoms with van der Waals surface area (Å²) in [6.45, 7) is 7.19. The zero-order valence-electron chi connectivity index (χ0n) is 16.8. The van der Waals surface area contributed by atoms with E-state index in [9.17, 15) is 9.59 Å². The van der Waals surface area contributed by atoms with Crippen molar-refractivity contribution in [2.24, 2.45) is 0 Å². The monoisotopic (exact) mass is 380 g/mol. The highest BCUT2D eigenvalue weighted by molar-refractivity contribution is 6.04. The Morgan fingerprint density at radius 2 is 1.75 bits per heavy atom. The molecule has 2 amide bonds. The van der Waals surface area contributed by atoms with Crippen molar-refractivity contribution in [3.63, 3.8) is 0 Å². The number of aryl methyl sites for hydroxylation is 2. The summed E-state index contributed by atoms with van der Waals surface area (Å²) in [5.74, 6) is 0.388. The number of hydrogen-bond donors (Lipinski definition) is 1. The van der Waals surface area contributed by atoms with E-state index in [0.717, 1.165) is 43.5 Å². The largest absolute Gasteiger partial charge is 0.481 e. The molecule has 1 atom stereocenters. The molecular weight excluding hydrogens is 352 g/mol. The van der Waals surface area contributed by atoms with Crippen LogP contribution in [-0.4, -0.2) is 35.9 Å². The predicted molar refractivity (Wildman–Crippen MR) is 111 cm³/mol. The molecule has 0 aromatic heterocycles. The normalized spacial score (nSPS) is 15.0. The molecule has 1 N–H and O–H groups in total. The van der Waals surface area contributed by atoms with Gasteiger partial charge < -0.3 is 15.0 Å². The third-order valence-corrected chi connectivity index (χ3v) is 5.08. The van der Waals surface area contributed by atoms with E-state index >= 15 is 0 Å². The minimum atomic E-state index is -0.682. The first-order chi connectivity index (χ1) is 13.5. The molecule has 148 valence electrons. The molecule has 1 aliphatic heterocycles. The van der Waals surface area contributed by atoms with Crippen molar-refractivity contribution in [2.45, 2.75) is 46.1 Å². The van der Waals surface area contributed by atoms with E-state index in [4.69, 9.17) is 4.74 Å². The zero-order valence-corrected chi connectivity index (χ0v) is 16.8. The highest BCUT2D eigenvalue weighted by atomic mass is 16.5. The maximum Gasteiger partial charge on any atom is 0.265 e. The van der Waals surface area contributed by atoms with Crippen LogP contribution in [0.25, 0.3) is 0 Å². The number of amides is 2. The van der Waals surface area contributed by atoms with E-state index in [-0.39, 0.29) is 11.8 Å². The van der Waals surface area contributed by atoms with Gasteiger partial charge in [0.25, 0.3) is 11.8 Å². The summed E-state index contributed by atoms with van der Waals surface area (Å²) >= 11 is 0. The Labute approximate surface area is 166 Å². The van der Waals surface area contributed by atoms with Gasteiger partial charge in [-0.05, 0) is 69.4 Å². The van der Waals surface area contributed by atoms with E-state index in [1.807, 2.05) is 49.1 Å². The molecule has 5 nitrogen and oxygen atoms in total. The van der Waals surface area contributed by atoms with Gasteiger partial charge in [0.1, 0.15) is 5.75 Å². The van der Waals surface area contributed by atoms with Crippen LogP contribution in [0, 0.1) is 13.8 Å². The van der Waals surface area contributed by atoms with Crippen molar-refractivity contribution in [1.82, 2.24) is 4.90 Å². The first-order valence-electron chi connectivity index (χ1n) is 9.89. The third kappa shape index (κ3) is 4.71. The van der Waals surface area contributed by atoms with Crippen LogP contribution < -0.4 is 10.1 Å². The van der Waals surface area contributed by atoms with Crippen LogP contribution in [0.2, 0.25) is 0 Å². The van der Waals surface area contributed by atoms with Crippen molar-refractivity contribution in [3.05, 3.63) is 59.2 Å². The summed E-state index contributed by atoms with van der Waals surface area (Å²) in [4.78, 5) is 27.5. The van der Waals surface area contributed by atoms with Crippen LogP contribution in [0.3, 0.4) is 0 Å². The number of carbonyl (C=O) groups excluding carboxylic acids is 2. The van der Waals surface area contributed by atoms with Gasteiger partial charge in [-0.2, -0.15) is 0 Å². The fourth-order valence-electron chi connectivity index (χ4n) is 3.36. The third-order valence-electron chi connectivity index (χ3n) is 5.08. The summed E-state index contributed by atoms with van der Waals surface area (Å²) < 4.78 is 5.87. The van der Waals surface area contributed by atoms with Crippen LogP contribution in [0.4, 0.5) is 5.69 Å². The summed E-state index contributed by atoms with van der Waals surface area (Å²) in [7, 11) is 0. The summed E-state index contributed by atoms with van der Waals surface area (Å²) in [6, 6.07) is 13.1. The fourth-order valence-corrected chi connectivity index (χ4v) is 3.36. The van der Waals surface area contributed by atoms with Gasteiger partial charge >= 0.3 is 0 Å².